The fraction of sp³-hybridized carbons (Fsp3) is 0.250. The van der Waals surface area contributed by atoms with E-state index in [1.165, 1.54) is 44.6 Å². The number of hydrogen-bond donors (Lipinski definition) is 3. The van der Waals surface area contributed by atoms with E-state index in [1.54, 1.807) is 6.07 Å². The lowest BCUT2D eigenvalue weighted by Crippen LogP contribution is -2.22. The predicted molar refractivity (Wildman–Crippen MR) is 155 cm³/mol. The van der Waals surface area contributed by atoms with Crippen molar-refractivity contribution in [1.29, 1.82) is 0 Å². The number of H-pyrrole nitrogens is 1. The molecule has 7 nitrogen and oxygen atoms in total. The molecule has 0 saturated heterocycles. The molecular formula is C28H30ClF5N2O5S. The third-order valence-electron chi connectivity index (χ3n) is 5.92. The van der Waals surface area contributed by atoms with Crippen molar-refractivity contribution in [1.82, 2.24) is 4.98 Å². The Hall–Kier alpha value is -3.68. The van der Waals surface area contributed by atoms with Crippen LogP contribution in [0.3, 0.4) is 0 Å². The topological polar surface area (TPSA) is 92.8 Å². The zero-order valence-electron chi connectivity index (χ0n) is 23.0. The zero-order valence-corrected chi connectivity index (χ0v) is 24.6. The number of rotatable bonds is 11. The van der Waals surface area contributed by atoms with E-state index in [-0.39, 0.29) is 58.9 Å². The number of aliphatic hydroxyl groups is 1. The van der Waals surface area contributed by atoms with Crippen molar-refractivity contribution in [2.24, 2.45) is 0 Å². The van der Waals surface area contributed by atoms with Crippen molar-refractivity contribution in [3.63, 3.8) is 0 Å². The standard InChI is InChI=1S/C26H24ClF5N2O5S.C2H6/c1-37-17-10-16(11-18(12-17)39-8-7-35)34-25(20-5-3-15(27)9-24(20)38-2)26(36)22-14-33-23-6-4-19(13-21(22)23)40(28,29,30,31)32;1-2/h3-6,9-14,25,33-35H,7-8H2,1-2H3;1-2H3. The third-order valence-corrected chi connectivity index (χ3v) is 7.30. The van der Waals surface area contributed by atoms with Crippen molar-refractivity contribution in [2.45, 2.75) is 24.8 Å². The van der Waals surface area contributed by atoms with Crippen LogP contribution in [0.5, 0.6) is 17.2 Å². The van der Waals surface area contributed by atoms with Crippen molar-refractivity contribution in [3.8, 4) is 17.2 Å². The molecule has 4 rings (SSSR count). The van der Waals surface area contributed by atoms with Crippen LogP contribution in [0.2, 0.25) is 5.02 Å². The van der Waals surface area contributed by atoms with Gasteiger partial charge in [0.1, 0.15) is 34.8 Å². The van der Waals surface area contributed by atoms with Gasteiger partial charge in [0, 0.05) is 57.1 Å². The molecule has 4 aromatic rings. The molecule has 14 heteroatoms. The second kappa shape index (κ2) is 11.9. The van der Waals surface area contributed by atoms with Gasteiger partial charge in [0.15, 0.2) is 5.78 Å². The number of carbonyl (C=O) groups is 1. The Balaban J connectivity index is 0.00000237. The number of aliphatic hydroxyl groups excluding tert-OH is 1. The highest BCUT2D eigenvalue weighted by Crippen LogP contribution is 3.02. The largest absolute Gasteiger partial charge is 0.497 e. The van der Waals surface area contributed by atoms with E-state index < -0.39 is 26.9 Å². The van der Waals surface area contributed by atoms with Gasteiger partial charge in [-0.2, -0.15) is 0 Å². The number of Topliss-reactive ketones (excluding diaryl/α,β-unsaturated/α-hetero) is 1. The highest BCUT2D eigenvalue weighted by atomic mass is 35.5. The number of anilines is 1. The minimum absolute atomic E-state index is 0.0240. The van der Waals surface area contributed by atoms with Crippen LogP contribution in [-0.2, 0) is 0 Å². The molecule has 3 aromatic carbocycles. The van der Waals surface area contributed by atoms with E-state index in [2.05, 4.69) is 10.3 Å². The number of ether oxygens (including phenoxy) is 3. The summed E-state index contributed by atoms with van der Waals surface area (Å²) in [5.41, 5.74) is 0.343. The Kier molecular flexibility index (Phi) is 9.30. The number of aromatic amines is 1. The Bertz CT molecular complexity index is 1580. The monoisotopic (exact) mass is 636 g/mol. The quantitative estimate of drug-likeness (QED) is 0.112. The minimum atomic E-state index is -10.0. The highest BCUT2D eigenvalue weighted by molar-refractivity contribution is 8.45. The molecule has 1 unspecified atom stereocenters. The van der Waals surface area contributed by atoms with Gasteiger partial charge >= 0.3 is 10.2 Å². The summed E-state index contributed by atoms with van der Waals surface area (Å²) in [6.07, 6.45) is 1.15. The maximum absolute atomic E-state index is 14.0. The highest BCUT2D eigenvalue weighted by Gasteiger charge is 2.65. The van der Waals surface area contributed by atoms with Crippen molar-refractivity contribution >= 4 is 44.2 Å². The number of hydrogen-bond acceptors (Lipinski definition) is 6. The van der Waals surface area contributed by atoms with Crippen LogP contribution in [0.25, 0.3) is 10.9 Å². The second-order valence-corrected chi connectivity index (χ2v) is 11.5. The Labute approximate surface area is 244 Å². The summed E-state index contributed by atoms with van der Waals surface area (Å²) in [5.74, 6) is 0.0509. The summed E-state index contributed by atoms with van der Waals surface area (Å²) in [7, 11) is -7.28. The van der Waals surface area contributed by atoms with Gasteiger partial charge in [0.25, 0.3) is 0 Å². The molecule has 3 N–H and O–H groups in total. The van der Waals surface area contributed by atoms with E-state index >= 15 is 0 Å². The molecule has 1 heterocycles. The molecule has 230 valence electrons. The summed E-state index contributed by atoms with van der Waals surface area (Å²) in [6.45, 7) is 3.72. The fourth-order valence-electron chi connectivity index (χ4n) is 4.09. The summed E-state index contributed by atoms with van der Waals surface area (Å²) in [5, 5.41) is 12.1. The smallest absolute Gasteiger partial charge is 0.310 e. The molecule has 0 aliphatic rings. The van der Waals surface area contributed by atoms with Gasteiger partial charge in [-0.1, -0.05) is 50.9 Å². The lowest BCUT2D eigenvalue weighted by Gasteiger charge is -2.40. The van der Waals surface area contributed by atoms with E-state index in [4.69, 9.17) is 30.9 Å². The first kappa shape index (κ1) is 32.8. The average Bonchev–Trinajstić information content (AvgIpc) is 3.38. The number of fused-ring (bicyclic) bond motifs is 1. The molecule has 1 atom stereocenters. The van der Waals surface area contributed by atoms with Crippen molar-refractivity contribution in [3.05, 3.63) is 76.9 Å². The van der Waals surface area contributed by atoms with Crippen LogP contribution in [0, 0.1) is 0 Å². The molecule has 0 saturated carbocycles. The molecule has 0 fully saturated rings. The number of nitrogens with one attached hydrogen (secondary N) is 2. The number of benzene rings is 3. The van der Waals surface area contributed by atoms with Crippen LogP contribution in [0.1, 0.15) is 35.8 Å². The number of methoxy groups -OCH3 is 2. The third kappa shape index (κ3) is 7.58. The van der Waals surface area contributed by atoms with E-state index in [0.717, 1.165) is 12.3 Å². The maximum atomic E-state index is 14.0. The number of aromatic nitrogens is 1. The van der Waals surface area contributed by atoms with Gasteiger partial charge < -0.3 is 29.6 Å². The van der Waals surface area contributed by atoms with Crippen LogP contribution in [-0.4, -0.2) is 43.3 Å². The summed E-state index contributed by atoms with van der Waals surface area (Å²) in [4.78, 5) is 14.5. The summed E-state index contributed by atoms with van der Waals surface area (Å²) < 4.78 is 84.1. The van der Waals surface area contributed by atoms with Crippen molar-refractivity contribution in [2.75, 3.05) is 32.8 Å². The van der Waals surface area contributed by atoms with Crippen LogP contribution in [0.4, 0.5) is 25.1 Å². The Morgan fingerprint density at radius 1 is 0.976 bits per heavy atom. The molecule has 42 heavy (non-hydrogen) atoms. The molecule has 0 spiro atoms. The normalized spacial score (nSPS) is 13.7. The second-order valence-electron chi connectivity index (χ2n) is 8.68. The van der Waals surface area contributed by atoms with E-state index in [1.807, 2.05) is 13.8 Å². The first-order valence-electron chi connectivity index (χ1n) is 12.6. The zero-order chi connectivity index (χ0) is 31.4. The van der Waals surface area contributed by atoms with E-state index in [0.29, 0.717) is 16.5 Å². The predicted octanol–water partition coefficient (Wildman–Crippen LogP) is 8.93. The van der Waals surface area contributed by atoms with Gasteiger partial charge in [-0.3, -0.25) is 4.79 Å². The summed E-state index contributed by atoms with van der Waals surface area (Å²) in [6, 6.07) is 9.12. The van der Waals surface area contributed by atoms with Gasteiger partial charge in [-0.15, -0.1) is 0 Å². The molecule has 0 aliphatic heterocycles. The molecular weight excluding hydrogens is 607 g/mol. The molecule has 0 aliphatic carbocycles. The van der Waals surface area contributed by atoms with Gasteiger partial charge in [0.05, 0.1) is 20.8 Å². The van der Waals surface area contributed by atoms with Gasteiger partial charge in [-0.05, 0) is 30.3 Å². The summed E-state index contributed by atoms with van der Waals surface area (Å²) >= 11 is 6.09. The lowest BCUT2D eigenvalue weighted by atomic mass is 9.95. The van der Waals surface area contributed by atoms with Gasteiger partial charge in [-0.25, -0.2) is 0 Å². The Morgan fingerprint density at radius 3 is 2.29 bits per heavy atom. The maximum Gasteiger partial charge on any atom is 0.310 e. The SMILES string of the molecule is CC.COc1cc(NC(C(=O)c2c[nH]c3ccc(S(F)(F)(F)(F)F)cc23)c2ccc(Cl)cc2OC)cc(OCCO)c1. The van der Waals surface area contributed by atoms with E-state index in [9.17, 15) is 24.2 Å². The first-order valence-corrected chi connectivity index (χ1v) is 14.9. The molecule has 0 bridgehead atoms. The fourth-order valence-corrected chi connectivity index (χ4v) is 4.92. The van der Waals surface area contributed by atoms with Crippen molar-refractivity contribution < 1.29 is 43.5 Å². The first-order chi connectivity index (χ1) is 19.6. The molecule has 1 aromatic heterocycles. The number of halogens is 6. The average molecular weight is 637 g/mol. The van der Waals surface area contributed by atoms with Crippen LogP contribution < -0.4 is 19.5 Å². The van der Waals surface area contributed by atoms with Crippen LogP contribution in [0.15, 0.2) is 65.7 Å². The number of ketones is 1. The van der Waals surface area contributed by atoms with Crippen LogP contribution >= 0.6 is 21.8 Å². The lowest BCUT2D eigenvalue weighted by molar-refractivity contribution is 0.0969. The molecule has 0 radical (unpaired) electrons. The minimum Gasteiger partial charge on any atom is -0.497 e. The Morgan fingerprint density at radius 2 is 1.67 bits per heavy atom. The molecule has 0 amide bonds. The van der Waals surface area contributed by atoms with Gasteiger partial charge in [0.2, 0.25) is 0 Å². The number of carbonyl (C=O) groups excluding carboxylic acids is 1.